The fourth-order valence-electron chi connectivity index (χ4n) is 0.816. The van der Waals surface area contributed by atoms with Crippen molar-refractivity contribution in [3.8, 4) is 0 Å². The normalized spacial score (nSPS) is 12.6. The molecule has 1 aromatic rings. The van der Waals surface area contributed by atoms with Gasteiger partial charge in [-0.15, -0.1) is 0 Å². The summed E-state index contributed by atoms with van der Waals surface area (Å²) in [5, 5.41) is 8.98. The van der Waals surface area contributed by atoms with Gasteiger partial charge >= 0.3 is 0 Å². The Kier molecular flexibility index (Phi) is 2.46. The van der Waals surface area contributed by atoms with E-state index in [0.717, 1.165) is 5.69 Å². The Hall–Kier alpha value is -1.06. The lowest BCUT2D eigenvalue weighted by atomic mass is 10.3. The number of nitrogens with zero attached hydrogens (tertiary/aromatic N) is 1. The van der Waals surface area contributed by atoms with Gasteiger partial charge in [0.25, 0.3) is 0 Å². The molecule has 0 aliphatic carbocycles. The van der Waals surface area contributed by atoms with E-state index in [9.17, 15) is 0 Å². The standard InChI is InChI=1S/C8H12N2O/c1-10(8(9)11)7-5-3-2-4-6-7/h2-6,8,11H,9H2,1H3. The molecule has 11 heavy (non-hydrogen) atoms. The molecule has 0 fully saturated rings. The molecule has 0 amide bonds. The molecule has 0 spiro atoms. The molecule has 0 aliphatic rings. The summed E-state index contributed by atoms with van der Waals surface area (Å²) in [7, 11) is 1.74. The lowest BCUT2D eigenvalue weighted by molar-refractivity contribution is 0.183. The number of benzene rings is 1. The summed E-state index contributed by atoms with van der Waals surface area (Å²) in [4.78, 5) is 1.58. The van der Waals surface area contributed by atoms with Gasteiger partial charge in [0.1, 0.15) is 0 Å². The molecule has 0 aromatic heterocycles. The van der Waals surface area contributed by atoms with E-state index < -0.39 is 6.35 Å². The third-order valence-electron chi connectivity index (χ3n) is 1.56. The smallest absolute Gasteiger partial charge is 0.181 e. The molecule has 1 atom stereocenters. The van der Waals surface area contributed by atoms with Gasteiger partial charge in [-0.2, -0.15) is 0 Å². The minimum Gasteiger partial charge on any atom is -0.361 e. The van der Waals surface area contributed by atoms with Crippen LogP contribution in [0, 0.1) is 0 Å². The number of hydrogen-bond acceptors (Lipinski definition) is 3. The lowest BCUT2D eigenvalue weighted by Gasteiger charge is -2.21. The van der Waals surface area contributed by atoms with Crippen LogP contribution in [0.15, 0.2) is 30.3 Å². The van der Waals surface area contributed by atoms with Gasteiger partial charge in [0.15, 0.2) is 6.35 Å². The first-order valence-electron chi connectivity index (χ1n) is 3.43. The highest BCUT2D eigenvalue weighted by atomic mass is 16.3. The minimum atomic E-state index is -0.933. The highest BCUT2D eigenvalue weighted by molar-refractivity contribution is 5.45. The molecule has 60 valence electrons. The van der Waals surface area contributed by atoms with Gasteiger partial charge in [-0.1, -0.05) is 18.2 Å². The fourth-order valence-corrected chi connectivity index (χ4v) is 0.816. The molecule has 0 saturated heterocycles. The minimum absolute atomic E-state index is 0.905. The largest absolute Gasteiger partial charge is 0.361 e. The average Bonchev–Trinajstić information content (AvgIpc) is 2.05. The maximum absolute atomic E-state index is 8.98. The van der Waals surface area contributed by atoms with Gasteiger partial charge in [0, 0.05) is 12.7 Å². The highest BCUT2D eigenvalue weighted by Crippen LogP contribution is 2.10. The van der Waals surface area contributed by atoms with E-state index in [-0.39, 0.29) is 0 Å². The highest BCUT2D eigenvalue weighted by Gasteiger charge is 2.03. The van der Waals surface area contributed by atoms with Crippen LogP contribution in [-0.4, -0.2) is 18.5 Å². The predicted octanol–water partition coefficient (Wildman–Crippen LogP) is 0.357. The maximum Gasteiger partial charge on any atom is 0.181 e. The number of nitrogens with two attached hydrogens (primary N) is 1. The third-order valence-corrected chi connectivity index (χ3v) is 1.56. The van der Waals surface area contributed by atoms with E-state index in [4.69, 9.17) is 10.8 Å². The van der Waals surface area contributed by atoms with Crippen LogP contribution >= 0.6 is 0 Å². The third kappa shape index (κ3) is 1.93. The Morgan fingerprint density at radius 1 is 1.36 bits per heavy atom. The van der Waals surface area contributed by atoms with E-state index in [0.29, 0.717) is 0 Å². The van der Waals surface area contributed by atoms with E-state index >= 15 is 0 Å². The van der Waals surface area contributed by atoms with Gasteiger partial charge in [-0.25, -0.2) is 0 Å². The summed E-state index contributed by atoms with van der Waals surface area (Å²) in [6, 6.07) is 9.48. The first-order chi connectivity index (χ1) is 5.22. The monoisotopic (exact) mass is 152 g/mol. The second-order valence-corrected chi connectivity index (χ2v) is 2.36. The van der Waals surface area contributed by atoms with Crippen molar-refractivity contribution in [1.82, 2.24) is 0 Å². The summed E-state index contributed by atoms with van der Waals surface area (Å²) >= 11 is 0. The van der Waals surface area contributed by atoms with E-state index in [1.807, 2.05) is 30.3 Å². The van der Waals surface area contributed by atoms with Gasteiger partial charge in [-0.3, -0.25) is 5.73 Å². The predicted molar refractivity (Wildman–Crippen MR) is 45.0 cm³/mol. The zero-order valence-electron chi connectivity index (χ0n) is 6.44. The van der Waals surface area contributed by atoms with Gasteiger partial charge < -0.3 is 10.0 Å². The molecule has 1 rings (SSSR count). The second kappa shape index (κ2) is 3.37. The topological polar surface area (TPSA) is 49.5 Å². The maximum atomic E-state index is 8.98. The summed E-state index contributed by atoms with van der Waals surface area (Å²) in [5.74, 6) is 0. The van der Waals surface area contributed by atoms with E-state index in [1.165, 1.54) is 0 Å². The van der Waals surface area contributed by atoms with Gasteiger partial charge in [-0.05, 0) is 12.1 Å². The van der Waals surface area contributed by atoms with Crippen molar-refractivity contribution in [2.75, 3.05) is 11.9 Å². The Balaban J connectivity index is 2.77. The zero-order valence-corrected chi connectivity index (χ0v) is 6.44. The number of anilines is 1. The Morgan fingerprint density at radius 3 is 2.36 bits per heavy atom. The van der Waals surface area contributed by atoms with Crippen LogP contribution in [0.2, 0.25) is 0 Å². The summed E-state index contributed by atoms with van der Waals surface area (Å²) in [5.41, 5.74) is 6.15. The first kappa shape index (κ1) is 8.04. The van der Waals surface area contributed by atoms with Gasteiger partial charge in [0.2, 0.25) is 0 Å². The fraction of sp³-hybridized carbons (Fsp3) is 0.250. The molecule has 3 N–H and O–H groups in total. The van der Waals surface area contributed by atoms with E-state index in [2.05, 4.69) is 0 Å². The van der Waals surface area contributed by atoms with Crippen molar-refractivity contribution in [3.05, 3.63) is 30.3 Å². The van der Waals surface area contributed by atoms with E-state index in [1.54, 1.807) is 11.9 Å². The molecular weight excluding hydrogens is 140 g/mol. The molecule has 0 radical (unpaired) electrons. The SMILES string of the molecule is CN(c1ccccc1)C(N)O. The van der Waals surface area contributed by atoms with Crippen LogP contribution < -0.4 is 10.6 Å². The summed E-state index contributed by atoms with van der Waals surface area (Å²) in [6.07, 6.45) is -0.933. The van der Waals surface area contributed by atoms with Crippen LogP contribution in [0.4, 0.5) is 5.69 Å². The Labute approximate surface area is 66.1 Å². The van der Waals surface area contributed by atoms with Crippen LogP contribution in [-0.2, 0) is 0 Å². The number of para-hydroxylation sites is 1. The van der Waals surface area contributed by atoms with Crippen molar-refractivity contribution >= 4 is 5.69 Å². The molecule has 0 aliphatic heterocycles. The number of rotatable bonds is 2. The first-order valence-corrected chi connectivity index (χ1v) is 3.43. The molecule has 1 aromatic carbocycles. The lowest BCUT2D eigenvalue weighted by Crippen LogP contribution is -2.38. The van der Waals surface area contributed by atoms with Crippen LogP contribution in [0.3, 0.4) is 0 Å². The quantitative estimate of drug-likeness (QED) is 0.601. The molecule has 0 bridgehead atoms. The van der Waals surface area contributed by atoms with Crippen molar-refractivity contribution in [1.29, 1.82) is 0 Å². The van der Waals surface area contributed by atoms with Crippen LogP contribution in [0.5, 0.6) is 0 Å². The molecule has 1 unspecified atom stereocenters. The van der Waals surface area contributed by atoms with Crippen molar-refractivity contribution in [2.45, 2.75) is 6.35 Å². The Morgan fingerprint density at radius 2 is 1.91 bits per heavy atom. The Bertz CT molecular complexity index is 211. The van der Waals surface area contributed by atoms with Crippen molar-refractivity contribution in [2.24, 2.45) is 5.73 Å². The van der Waals surface area contributed by atoms with Crippen LogP contribution in [0.1, 0.15) is 0 Å². The number of aliphatic hydroxyl groups is 1. The number of aliphatic hydroxyl groups excluding tert-OH is 1. The molecular formula is C8H12N2O. The zero-order chi connectivity index (χ0) is 8.27. The van der Waals surface area contributed by atoms with Gasteiger partial charge in [0.05, 0.1) is 0 Å². The van der Waals surface area contributed by atoms with Crippen molar-refractivity contribution in [3.63, 3.8) is 0 Å². The summed E-state index contributed by atoms with van der Waals surface area (Å²) in [6.45, 7) is 0. The molecule has 3 nitrogen and oxygen atoms in total. The second-order valence-electron chi connectivity index (χ2n) is 2.36. The molecule has 0 saturated carbocycles. The summed E-state index contributed by atoms with van der Waals surface area (Å²) < 4.78 is 0. The number of hydrogen-bond donors (Lipinski definition) is 2. The molecule has 3 heteroatoms. The van der Waals surface area contributed by atoms with Crippen LogP contribution in [0.25, 0.3) is 0 Å². The van der Waals surface area contributed by atoms with Crippen molar-refractivity contribution < 1.29 is 5.11 Å². The molecule has 0 heterocycles. The average molecular weight is 152 g/mol.